The zero-order chi connectivity index (χ0) is 22.2. The molecule has 0 bridgehead atoms. The summed E-state index contributed by atoms with van der Waals surface area (Å²) in [5.41, 5.74) is 1.88. The molecule has 0 radical (unpaired) electrons. The van der Waals surface area contributed by atoms with Gasteiger partial charge in [-0.3, -0.25) is 9.59 Å². The molecule has 1 unspecified atom stereocenters. The first-order chi connectivity index (χ1) is 15.0. The number of aliphatic imine (C=N–C) groups is 1. The van der Waals surface area contributed by atoms with E-state index >= 15 is 0 Å². The number of likely N-dealkylation sites (tertiary alicyclic amines) is 1. The number of benzene rings is 1. The van der Waals surface area contributed by atoms with Crippen LogP contribution < -0.4 is 16.0 Å². The van der Waals surface area contributed by atoms with E-state index in [-0.39, 0.29) is 29.7 Å². The fourth-order valence-electron chi connectivity index (χ4n) is 4.31. The van der Waals surface area contributed by atoms with E-state index < -0.39 is 0 Å². The molecule has 170 valence electrons. The van der Waals surface area contributed by atoms with Crippen molar-refractivity contribution in [3.05, 3.63) is 29.8 Å². The van der Waals surface area contributed by atoms with E-state index in [1.54, 1.807) is 0 Å². The predicted molar refractivity (Wildman–Crippen MR) is 125 cm³/mol. The third-order valence-electron chi connectivity index (χ3n) is 6.02. The fraction of sp³-hybridized carbons (Fsp3) is 0.625. The van der Waals surface area contributed by atoms with Gasteiger partial charge in [-0.25, -0.2) is 4.99 Å². The Kier molecular flexibility index (Phi) is 8.32. The molecule has 1 aromatic rings. The average molecular weight is 428 g/mol. The number of guanidine groups is 1. The SMILES string of the molecule is CCNC(=NCc1cccc(NC(=O)C2CCCC2)c1)NC1CCN(C(=O)C(C)C)C1. The van der Waals surface area contributed by atoms with Gasteiger partial charge < -0.3 is 20.9 Å². The number of amides is 2. The van der Waals surface area contributed by atoms with Crippen LogP contribution in [0.25, 0.3) is 0 Å². The molecule has 7 heteroatoms. The molecule has 2 aliphatic rings. The van der Waals surface area contributed by atoms with E-state index in [4.69, 9.17) is 4.99 Å². The van der Waals surface area contributed by atoms with E-state index in [0.29, 0.717) is 13.1 Å². The molecule has 2 amide bonds. The minimum absolute atomic E-state index is 0.0297. The van der Waals surface area contributed by atoms with E-state index in [9.17, 15) is 9.59 Å². The van der Waals surface area contributed by atoms with Gasteiger partial charge >= 0.3 is 0 Å². The van der Waals surface area contributed by atoms with Crippen molar-refractivity contribution in [1.82, 2.24) is 15.5 Å². The number of carbonyl (C=O) groups excluding carboxylic acids is 2. The van der Waals surface area contributed by atoms with Crippen molar-refractivity contribution in [3.63, 3.8) is 0 Å². The molecule has 31 heavy (non-hydrogen) atoms. The highest BCUT2D eigenvalue weighted by Crippen LogP contribution is 2.26. The van der Waals surface area contributed by atoms with Gasteiger partial charge in [0.15, 0.2) is 5.96 Å². The van der Waals surface area contributed by atoms with Gasteiger partial charge in [-0.2, -0.15) is 0 Å². The van der Waals surface area contributed by atoms with E-state index in [1.807, 2.05) is 49.9 Å². The highest BCUT2D eigenvalue weighted by atomic mass is 16.2. The minimum atomic E-state index is 0.0297. The van der Waals surface area contributed by atoms with Crippen LogP contribution in [0.4, 0.5) is 5.69 Å². The molecule has 0 spiro atoms. The summed E-state index contributed by atoms with van der Waals surface area (Å²) in [6.07, 6.45) is 5.21. The Bertz CT molecular complexity index is 786. The summed E-state index contributed by atoms with van der Waals surface area (Å²) >= 11 is 0. The van der Waals surface area contributed by atoms with Crippen LogP contribution in [0.1, 0.15) is 58.4 Å². The van der Waals surface area contributed by atoms with Gasteiger partial charge in [0.1, 0.15) is 0 Å². The second-order valence-corrected chi connectivity index (χ2v) is 8.94. The first kappa shape index (κ1) is 23.1. The highest BCUT2D eigenvalue weighted by Gasteiger charge is 2.28. The molecule has 1 saturated heterocycles. The van der Waals surface area contributed by atoms with E-state index in [0.717, 1.165) is 62.4 Å². The van der Waals surface area contributed by atoms with Crippen LogP contribution in [0.15, 0.2) is 29.3 Å². The number of hydrogen-bond donors (Lipinski definition) is 3. The maximum absolute atomic E-state index is 12.4. The molecule has 1 aliphatic carbocycles. The molecule has 3 rings (SSSR count). The predicted octanol–water partition coefficient (Wildman–Crippen LogP) is 3.13. The van der Waals surface area contributed by atoms with Crippen molar-refractivity contribution in [2.45, 2.75) is 65.5 Å². The van der Waals surface area contributed by atoms with Crippen molar-refractivity contribution in [2.24, 2.45) is 16.8 Å². The van der Waals surface area contributed by atoms with Crippen LogP contribution >= 0.6 is 0 Å². The first-order valence-electron chi connectivity index (χ1n) is 11.7. The Labute approximate surface area is 186 Å². The molecule has 1 atom stereocenters. The van der Waals surface area contributed by atoms with Crippen LogP contribution in [-0.4, -0.2) is 48.3 Å². The minimum Gasteiger partial charge on any atom is -0.357 e. The van der Waals surface area contributed by atoms with Crippen molar-refractivity contribution >= 4 is 23.5 Å². The maximum Gasteiger partial charge on any atom is 0.227 e. The summed E-state index contributed by atoms with van der Waals surface area (Å²) in [6, 6.07) is 8.12. The summed E-state index contributed by atoms with van der Waals surface area (Å²) in [5, 5.41) is 9.83. The number of nitrogens with zero attached hydrogens (tertiary/aromatic N) is 2. The number of anilines is 1. The summed E-state index contributed by atoms with van der Waals surface area (Å²) in [6.45, 7) is 8.72. The van der Waals surface area contributed by atoms with Crippen LogP contribution in [0.3, 0.4) is 0 Å². The normalized spacial score (nSPS) is 19.7. The molecule has 3 N–H and O–H groups in total. The molecule has 1 saturated carbocycles. The van der Waals surface area contributed by atoms with Gasteiger partial charge in [-0.1, -0.05) is 38.8 Å². The van der Waals surface area contributed by atoms with Crippen LogP contribution in [0, 0.1) is 11.8 Å². The maximum atomic E-state index is 12.4. The highest BCUT2D eigenvalue weighted by molar-refractivity contribution is 5.92. The standard InChI is InChI=1S/C24H37N5O2/c1-4-25-24(28-21-12-13-29(16-21)23(31)17(2)3)26-15-18-8-7-11-20(14-18)27-22(30)19-9-5-6-10-19/h7-8,11,14,17,19,21H,4-6,9-10,12-13,15-16H2,1-3H3,(H,27,30)(H2,25,26,28). The molecule has 1 heterocycles. The summed E-state index contributed by atoms with van der Waals surface area (Å²) in [4.78, 5) is 31.3. The number of carbonyl (C=O) groups is 2. The average Bonchev–Trinajstić information content (AvgIpc) is 3.44. The number of rotatable bonds is 7. The zero-order valence-corrected chi connectivity index (χ0v) is 19.1. The van der Waals surface area contributed by atoms with Gasteiger partial charge in [0.05, 0.1) is 6.54 Å². The second-order valence-electron chi connectivity index (χ2n) is 8.94. The zero-order valence-electron chi connectivity index (χ0n) is 19.1. The molecule has 1 aromatic carbocycles. The van der Waals surface area contributed by atoms with Gasteiger partial charge in [-0.05, 0) is 43.9 Å². The molecule has 7 nitrogen and oxygen atoms in total. The van der Waals surface area contributed by atoms with Crippen LogP contribution in [0.2, 0.25) is 0 Å². The lowest BCUT2D eigenvalue weighted by atomic mass is 10.1. The smallest absolute Gasteiger partial charge is 0.227 e. The summed E-state index contributed by atoms with van der Waals surface area (Å²) in [5.74, 6) is 1.28. The van der Waals surface area contributed by atoms with Crippen molar-refractivity contribution in [3.8, 4) is 0 Å². The number of nitrogens with one attached hydrogen (secondary N) is 3. The quantitative estimate of drug-likeness (QED) is 0.461. The Hall–Kier alpha value is -2.57. The Balaban J connectivity index is 1.56. The second kappa shape index (κ2) is 11.2. The van der Waals surface area contributed by atoms with Crippen molar-refractivity contribution < 1.29 is 9.59 Å². The van der Waals surface area contributed by atoms with Crippen molar-refractivity contribution in [2.75, 3.05) is 25.0 Å². The van der Waals surface area contributed by atoms with Gasteiger partial charge in [0, 0.05) is 43.2 Å². The first-order valence-corrected chi connectivity index (χ1v) is 11.7. The van der Waals surface area contributed by atoms with Crippen LogP contribution in [0.5, 0.6) is 0 Å². The largest absolute Gasteiger partial charge is 0.357 e. The number of hydrogen-bond acceptors (Lipinski definition) is 3. The molecular formula is C24H37N5O2. The summed E-state index contributed by atoms with van der Waals surface area (Å²) < 4.78 is 0. The molecular weight excluding hydrogens is 390 g/mol. The molecule has 2 fully saturated rings. The van der Waals surface area contributed by atoms with Crippen LogP contribution in [-0.2, 0) is 16.1 Å². The lowest BCUT2D eigenvalue weighted by molar-refractivity contribution is -0.133. The third-order valence-corrected chi connectivity index (χ3v) is 6.02. The topological polar surface area (TPSA) is 85.8 Å². The van der Waals surface area contributed by atoms with Gasteiger partial charge in [-0.15, -0.1) is 0 Å². The van der Waals surface area contributed by atoms with E-state index in [1.165, 1.54) is 0 Å². The molecule has 1 aliphatic heterocycles. The lowest BCUT2D eigenvalue weighted by Gasteiger charge is -2.20. The molecule has 0 aromatic heterocycles. The van der Waals surface area contributed by atoms with Gasteiger partial charge in [0.25, 0.3) is 0 Å². The monoisotopic (exact) mass is 427 g/mol. The van der Waals surface area contributed by atoms with Gasteiger partial charge in [0.2, 0.25) is 11.8 Å². The lowest BCUT2D eigenvalue weighted by Crippen LogP contribution is -2.45. The third kappa shape index (κ3) is 6.71. The van der Waals surface area contributed by atoms with Crippen molar-refractivity contribution in [1.29, 1.82) is 0 Å². The Morgan fingerprint density at radius 3 is 2.68 bits per heavy atom. The van der Waals surface area contributed by atoms with E-state index in [2.05, 4.69) is 16.0 Å². The Morgan fingerprint density at radius 2 is 1.97 bits per heavy atom. The fourth-order valence-corrected chi connectivity index (χ4v) is 4.31. The summed E-state index contributed by atoms with van der Waals surface area (Å²) in [7, 11) is 0. The Morgan fingerprint density at radius 1 is 1.19 bits per heavy atom.